The zero-order chi connectivity index (χ0) is 21.5. The molecular formula is C21H21ClFN7O. The predicted octanol–water partition coefficient (Wildman–Crippen LogP) is 3.43. The van der Waals surface area contributed by atoms with Crippen molar-refractivity contribution in [1.82, 2.24) is 25.3 Å². The van der Waals surface area contributed by atoms with Gasteiger partial charge < -0.3 is 15.7 Å². The fourth-order valence-corrected chi connectivity index (χ4v) is 4.11. The molecule has 4 heterocycles. The van der Waals surface area contributed by atoms with Crippen molar-refractivity contribution in [2.75, 3.05) is 23.4 Å². The van der Waals surface area contributed by atoms with E-state index in [0.29, 0.717) is 53.4 Å². The number of aliphatic hydroxyl groups is 1. The van der Waals surface area contributed by atoms with E-state index in [2.05, 4.69) is 25.6 Å². The number of nitrogens with one attached hydrogen (secondary N) is 2. The molecular weight excluding hydrogens is 421 g/mol. The van der Waals surface area contributed by atoms with E-state index in [1.165, 1.54) is 6.07 Å². The number of nitrogens with zero attached hydrogens (tertiary/aromatic N) is 5. The first kappa shape index (κ1) is 20.1. The van der Waals surface area contributed by atoms with Crippen molar-refractivity contribution < 1.29 is 9.50 Å². The number of hydrogen-bond donors (Lipinski definition) is 3. The Kier molecular flexibility index (Phi) is 5.19. The van der Waals surface area contributed by atoms with Crippen molar-refractivity contribution in [2.45, 2.75) is 26.1 Å². The number of aromatic nitrogens is 3. The number of benzene rings is 1. The van der Waals surface area contributed by atoms with E-state index < -0.39 is 6.23 Å². The molecule has 0 saturated heterocycles. The topological polar surface area (TPSA) is 89.4 Å². The van der Waals surface area contributed by atoms with Gasteiger partial charge in [-0.3, -0.25) is 0 Å². The first-order valence-electron chi connectivity index (χ1n) is 10.1. The summed E-state index contributed by atoms with van der Waals surface area (Å²) in [5, 5.41) is 21.1. The van der Waals surface area contributed by atoms with Gasteiger partial charge in [0.15, 0.2) is 12.0 Å². The number of anilines is 4. The Labute approximate surface area is 183 Å². The van der Waals surface area contributed by atoms with Gasteiger partial charge in [-0.2, -0.15) is 9.99 Å². The Balaban J connectivity index is 1.50. The van der Waals surface area contributed by atoms with Crippen LogP contribution in [0.3, 0.4) is 0 Å². The minimum absolute atomic E-state index is 0.234. The molecule has 5 rings (SSSR count). The molecule has 0 radical (unpaired) electrons. The minimum Gasteiger partial charge on any atom is -0.372 e. The van der Waals surface area contributed by atoms with E-state index in [-0.39, 0.29) is 5.82 Å². The molecule has 0 amide bonds. The van der Waals surface area contributed by atoms with Crippen molar-refractivity contribution in [2.24, 2.45) is 0 Å². The van der Waals surface area contributed by atoms with Gasteiger partial charge in [0.25, 0.3) is 0 Å². The van der Waals surface area contributed by atoms with Crippen molar-refractivity contribution in [3.05, 3.63) is 64.2 Å². The van der Waals surface area contributed by atoms with Gasteiger partial charge in [0.1, 0.15) is 11.6 Å². The van der Waals surface area contributed by atoms with E-state index in [0.717, 1.165) is 17.7 Å². The lowest BCUT2D eigenvalue weighted by Crippen LogP contribution is -2.37. The largest absolute Gasteiger partial charge is 0.372 e. The molecule has 3 aromatic rings. The van der Waals surface area contributed by atoms with Crippen LogP contribution in [0.5, 0.6) is 0 Å². The van der Waals surface area contributed by atoms with Crippen LogP contribution in [0.1, 0.15) is 29.8 Å². The third-order valence-corrected chi connectivity index (χ3v) is 5.70. The van der Waals surface area contributed by atoms with Gasteiger partial charge in [-0.25, -0.2) is 19.4 Å². The van der Waals surface area contributed by atoms with Gasteiger partial charge in [-0.15, -0.1) is 0 Å². The number of hydrogen-bond acceptors (Lipinski definition) is 8. The molecule has 3 N–H and O–H groups in total. The van der Waals surface area contributed by atoms with Crippen LogP contribution in [0.15, 0.2) is 36.7 Å². The maximum absolute atomic E-state index is 14.5. The van der Waals surface area contributed by atoms with Crippen molar-refractivity contribution in [3.63, 3.8) is 0 Å². The summed E-state index contributed by atoms with van der Waals surface area (Å²) in [6, 6.07) is 6.86. The normalized spacial score (nSPS) is 18.1. The number of fused-ring (bicyclic) bond motifs is 2. The fourth-order valence-electron chi connectivity index (χ4n) is 4.00. The third kappa shape index (κ3) is 3.59. The van der Waals surface area contributed by atoms with Crippen LogP contribution in [-0.2, 0) is 13.0 Å². The molecule has 8 nitrogen and oxygen atoms in total. The summed E-state index contributed by atoms with van der Waals surface area (Å²) in [6.07, 6.45) is 2.88. The van der Waals surface area contributed by atoms with Crippen LogP contribution in [0.2, 0.25) is 5.02 Å². The average Bonchev–Trinajstić information content (AvgIpc) is 3.05. The summed E-state index contributed by atoms with van der Waals surface area (Å²) in [4.78, 5) is 13.3. The Morgan fingerprint density at radius 3 is 2.94 bits per heavy atom. The van der Waals surface area contributed by atoms with Crippen LogP contribution < -0.4 is 15.6 Å². The molecule has 10 heteroatoms. The molecule has 1 aromatic carbocycles. The van der Waals surface area contributed by atoms with Gasteiger partial charge in [-0.05, 0) is 48.4 Å². The molecule has 0 saturated carbocycles. The lowest BCUT2D eigenvalue weighted by Gasteiger charge is -2.29. The van der Waals surface area contributed by atoms with Crippen LogP contribution in [0, 0.1) is 5.82 Å². The summed E-state index contributed by atoms with van der Waals surface area (Å²) in [6.45, 7) is 3.85. The molecule has 31 heavy (non-hydrogen) atoms. The highest BCUT2D eigenvalue weighted by Gasteiger charge is 2.38. The quantitative estimate of drug-likeness (QED) is 0.567. The predicted molar refractivity (Wildman–Crippen MR) is 116 cm³/mol. The second-order valence-corrected chi connectivity index (χ2v) is 7.83. The second kappa shape index (κ2) is 8.01. The van der Waals surface area contributed by atoms with Gasteiger partial charge in [0, 0.05) is 31.2 Å². The molecule has 2 aliphatic heterocycles. The highest BCUT2D eigenvalue weighted by Crippen LogP contribution is 2.41. The third-order valence-electron chi connectivity index (χ3n) is 5.48. The van der Waals surface area contributed by atoms with Crippen LogP contribution >= 0.6 is 11.6 Å². The second-order valence-electron chi connectivity index (χ2n) is 7.40. The van der Waals surface area contributed by atoms with E-state index in [1.807, 2.05) is 13.0 Å². The van der Waals surface area contributed by atoms with Gasteiger partial charge in [0.2, 0.25) is 5.95 Å². The Hall–Kier alpha value is -2.85. The van der Waals surface area contributed by atoms with Crippen LogP contribution in [0.25, 0.3) is 0 Å². The summed E-state index contributed by atoms with van der Waals surface area (Å²) in [7, 11) is 0. The summed E-state index contributed by atoms with van der Waals surface area (Å²) < 4.78 is 14.5. The molecule has 1 unspecified atom stereocenters. The van der Waals surface area contributed by atoms with Gasteiger partial charge in [-0.1, -0.05) is 18.5 Å². The van der Waals surface area contributed by atoms with Crippen molar-refractivity contribution in [1.29, 1.82) is 0 Å². The smallest absolute Gasteiger partial charge is 0.229 e. The van der Waals surface area contributed by atoms with E-state index in [9.17, 15) is 9.50 Å². The van der Waals surface area contributed by atoms with E-state index in [1.54, 1.807) is 34.5 Å². The molecule has 160 valence electrons. The number of aliphatic hydroxyl groups excluding tert-OH is 1. The molecule has 2 aliphatic rings. The molecule has 2 aromatic heterocycles. The monoisotopic (exact) mass is 441 g/mol. The Bertz CT molecular complexity index is 1130. The highest BCUT2D eigenvalue weighted by molar-refractivity contribution is 6.30. The first-order chi connectivity index (χ1) is 15.0. The fraction of sp³-hybridized carbons (Fsp3) is 0.286. The van der Waals surface area contributed by atoms with E-state index >= 15 is 0 Å². The summed E-state index contributed by atoms with van der Waals surface area (Å²) in [5.41, 5.74) is 2.81. The number of pyridine rings is 1. The van der Waals surface area contributed by atoms with Gasteiger partial charge in [0.05, 0.1) is 10.6 Å². The standard InChI is InChI=1S/C21H21ClFN7O/c1-2-29-20(31)16-11-26-21(28-19(16)30(29)18-4-3-13(22)10-25-18)27-14-7-12-9-24-6-5-15(12)17(23)8-14/h3-4,7-8,10-11,20,24,31H,2,5-6,9H2,1H3,(H,26,27,28). The molecule has 0 spiro atoms. The van der Waals surface area contributed by atoms with Crippen molar-refractivity contribution in [3.8, 4) is 0 Å². The maximum atomic E-state index is 14.5. The molecule has 0 fully saturated rings. The van der Waals surface area contributed by atoms with Crippen LogP contribution in [-0.4, -0.2) is 38.2 Å². The lowest BCUT2D eigenvalue weighted by molar-refractivity contribution is 0.0200. The van der Waals surface area contributed by atoms with E-state index in [4.69, 9.17) is 11.6 Å². The zero-order valence-electron chi connectivity index (χ0n) is 16.8. The number of halogens is 2. The molecule has 1 atom stereocenters. The lowest BCUT2D eigenvalue weighted by atomic mass is 10.00. The highest BCUT2D eigenvalue weighted by atomic mass is 35.5. The summed E-state index contributed by atoms with van der Waals surface area (Å²) >= 11 is 5.98. The minimum atomic E-state index is -0.904. The molecule has 0 aliphatic carbocycles. The van der Waals surface area contributed by atoms with Gasteiger partial charge >= 0.3 is 0 Å². The SMILES string of the molecule is CCN1C(O)c2cnc(Nc3cc(F)c4c(c3)CNCC4)nc2N1c1ccc(Cl)cn1. The first-order valence-corrected chi connectivity index (χ1v) is 10.4. The Morgan fingerprint density at radius 1 is 1.29 bits per heavy atom. The number of rotatable bonds is 4. The van der Waals surface area contributed by atoms with Crippen molar-refractivity contribution >= 4 is 34.9 Å². The Morgan fingerprint density at radius 2 is 2.16 bits per heavy atom. The zero-order valence-corrected chi connectivity index (χ0v) is 17.6. The van der Waals surface area contributed by atoms with Crippen LogP contribution in [0.4, 0.5) is 27.7 Å². The number of hydrazine groups is 1. The molecule has 0 bridgehead atoms. The average molecular weight is 442 g/mol. The summed E-state index contributed by atoms with van der Waals surface area (Å²) in [5.74, 6) is 1.13. The maximum Gasteiger partial charge on any atom is 0.229 e.